The van der Waals surface area contributed by atoms with Crippen LogP contribution in [0, 0.1) is 13.8 Å². The Morgan fingerprint density at radius 3 is 2.52 bits per heavy atom. The number of pyridine rings is 1. The van der Waals surface area contributed by atoms with Crippen LogP contribution in [0.2, 0.25) is 20.2 Å². The number of aromatic nitrogens is 2. The average molecular weight is 476 g/mol. The second-order valence-electron chi connectivity index (χ2n) is 6.14. The van der Waals surface area contributed by atoms with Crippen molar-refractivity contribution in [2.24, 2.45) is 0 Å². The van der Waals surface area contributed by atoms with Gasteiger partial charge >= 0.3 is 5.97 Å². The lowest BCUT2D eigenvalue weighted by atomic mass is 10.1. The zero-order valence-corrected chi connectivity index (χ0v) is 18.3. The molecule has 3 aromatic rings. The molecule has 0 fully saturated rings. The molecule has 6 nitrogen and oxygen atoms in total. The van der Waals surface area contributed by atoms with E-state index >= 15 is 0 Å². The second-order valence-corrected chi connectivity index (χ2v) is 7.63. The number of aryl methyl sites for hydroxylation is 1. The number of ether oxygens (including phenoxy) is 1. The Kier molecular flexibility index (Phi) is 6.58. The first kappa shape index (κ1) is 21.7. The molecule has 0 atom stereocenters. The summed E-state index contributed by atoms with van der Waals surface area (Å²) in [6.07, 6.45) is 1.59. The number of halogens is 4. The smallest absolute Gasteiger partial charge is 0.359 e. The van der Waals surface area contributed by atoms with Crippen molar-refractivity contribution in [1.29, 1.82) is 0 Å². The third-order valence-electron chi connectivity index (χ3n) is 4.28. The number of hydrogen-bond acceptors (Lipinski definition) is 5. The number of esters is 1. The highest BCUT2D eigenvalue weighted by atomic mass is 35.5. The fourth-order valence-electron chi connectivity index (χ4n) is 2.78. The van der Waals surface area contributed by atoms with E-state index in [4.69, 9.17) is 55.6 Å². The number of ketones is 1. The van der Waals surface area contributed by atoms with E-state index in [9.17, 15) is 9.59 Å². The largest absolute Gasteiger partial charge is 0.467 e. The fraction of sp³-hybridized carbons (Fsp3) is 0.211. The van der Waals surface area contributed by atoms with Crippen molar-refractivity contribution in [3.05, 3.63) is 73.1 Å². The minimum Gasteiger partial charge on any atom is -0.467 e. The van der Waals surface area contributed by atoms with Crippen LogP contribution in [0.1, 0.15) is 38.0 Å². The summed E-state index contributed by atoms with van der Waals surface area (Å²) in [5.74, 6) is -0.554. The molecule has 0 amide bonds. The van der Waals surface area contributed by atoms with Crippen molar-refractivity contribution in [1.82, 2.24) is 9.55 Å². The summed E-state index contributed by atoms with van der Waals surface area (Å²) in [5, 5.41) is -0.584. The zero-order valence-electron chi connectivity index (χ0n) is 15.3. The predicted octanol–water partition coefficient (Wildman–Crippen LogP) is 5.79. The first-order chi connectivity index (χ1) is 13.7. The lowest BCUT2D eigenvalue weighted by Gasteiger charge is -2.09. The maximum atomic E-state index is 12.6. The molecule has 0 aliphatic rings. The molecule has 0 saturated heterocycles. The van der Waals surface area contributed by atoms with Gasteiger partial charge in [0.15, 0.2) is 12.3 Å². The minimum absolute atomic E-state index is 0.0741. The Morgan fingerprint density at radius 1 is 1.14 bits per heavy atom. The number of Topliss-reactive ketones (excluding diaryl/α,β-unsaturated/α-hetero) is 1. The molecule has 0 unspecified atom stereocenters. The standard InChI is InChI=1S/C19H14Cl4N2O4/c1-9-6-12(10(2)25(9)7-11-4-3-5-28-11)13(26)8-29-19(27)17-15(21)14(20)16(22)18(23)24-17/h3-6H,7-8H2,1-2H3. The maximum absolute atomic E-state index is 12.6. The number of carbonyl (C=O) groups is 2. The molecule has 0 saturated carbocycles. The molecule has 0 radical (unpaired) electrons. The van der Waals surface area contributed by atoms with Gasteiger partial charge in [0.05, 0.1) is 27.9 Å². The van der Waals surface area contributed by atoms with E-state index in [1.54, 1.807) is 18.4 Å². The Balaban J connectivity index is 1.74. The van der Waals surface area contributed by atoms with E-state index in [2.05, 4.69) is 4.98 Å². The first-order valence-electron chi connectivity index (χ1n) is 8.30. The van der Waals surface area contributed by atoms with Crippen molar-refractivity contribution in [3.8, 4) is 0 Å². The van der Waals surface area contributed by atoms with Crippen LogP contribution in [0.15, 0.2) is 28.9 Å². The van der Waals surface area contributed by atoms with Gasteiger partial charge in [-0.3, -0.25) is 4.79 Å². The van der Waals surface area contributed by atoms with Gasteiger partial charge in [-0.15, -0.1) is 0 Å². The molecule has 3 heterocycles. The summed E-state index contributed by atoms with van der Waals surface area (Å²) >= 11 is 23.5. The molecule has 10 heteroatoms. The van der Waals surface area contributed by atoms with E-state index in [-0.39, 0.29) is 31.7 Å². The molecule has 0 N–H and O–H groups in total. The molecule has 0 spiro atoms. The minimum atomic E-state index is -0.937. The van der Waals surface area contributed by atoms with Crippen LogP contribution < -0.4 is 0 Å². The number of hydrogen-bond donors (Lipinski definition) is 0. The number of nitrogens with zero attached hydrogens (tertiary/aromatic N) is 2. The second kappa shape index (κ2) is 8.79. The van der Waals surface area contributed by atoms with Gasteiger partial charge in [0.1, 0.15) is 10.9 Å². The summed E-state index contributed by atoms with van der Waals surface area (Å²) in [6.45, 7) is 3.67. The van der Waals surface area contributed by atoms with Crippen molar-refractivity contribution < 1.29 is 18.7 Å². The summed E-state index contributed by atoms with van der Waals surface area (Å²) < 4.78 is 12.4. The number of furan rings is 1. The number of carbonyl (C=O) groups excluding carboxylic acids is 2. The molecule has 29 heavy (non-hydrogen) atoms. The van der Waals surface area contributed by atoms with E-state index < -0.39 is 12.6 Å². The lowest BCUT2D eigenvalue weighted by molar-refractivity contribution is 0.0469. The Hall–Kier alpha value is -1.99. The van der Waals surface area contributed by atoms with Gasteiger partial charge in [0, 0.05) is 17.0 Å². The van der Waals surface area contributed by atoms with E-state index in [0.29, 0.717) is 12.1 Å². The van der Waals surface area contributed by atoms with Crippen LogP contribution >= 0.6 is 46.4 Å². The van der Waals surface area contributed by atoms with Crippen LogP contribution in [0.3, 0.4) is 0 Å². The molecule has 0 aromatic carbocycles. The van der Waals surface area contributed by atoms with Gasteiger partial charge < -0.3 is 13.7 Å². The van der Waals surface area contributed by atoms with Gasteiger partial charge in [0.25, 0.3) is 0 Å². The Bertz CT molecular complexity index is 1090. The summed E-state index contributed by atoms with van der Waals surface area (Å²) in [4.78, 5) is 28.7. The van der Waals surface area contributed by atoms with Gasteiger partial charge in [0.2, 0.25) is 5.78 Å². The molecule has 152 valence electrons. The summed E-state index contributed by atoms with van der Waals surface area (Å²) in [7, 11) is 0. The molecule has 0 bridgehead atoms. The maximum Gasteiger partial charge on any atom is 0.359 e. The lowest BCUT2D eigenvalue weighted by Crippen LogP contribution is -2.16. The van der Waals surface area contributed by atoms with E-state index in [1.807, 2.05) is 24.5 Å². The Labute approximate surface area is 186 Å². The van der Waals surface area contributed by atoms with Gasteiger partial charge in [-0.25, -0.2) is 9.78 Å². The monoisotopic (exact) mass is 474 g/mol. The summed E-state index contributed by atoms with van der Waals surface area (Å²) in [6, 6.07) is 5.38. The van der Waals surface area contributed by atoms with Crippen LogP contribution in [-0.2, 0) is 11.3 Å². The molecule has 3 rings (SSSR count). The SMILES string of the molecule is Cc1cc(C(=O)COC(=O)c2nc(Cl)c(Cl)c(Cl)c2Cl)c(C)n1Cc1ccco1. The van der Waals surface area contributed by atoms with Crippen LogP contribution in [0.5, 0.6) is 0 Å². The zero-order chi connectivity index (χ0) is 21.3. The molecule has 0 aliphatic carbocycles. The normalized spacial score (nSPS) is 11.0. The first-order valence-corrected chi connectivity index (χ1v) is 9.81. The third-order valence-corrected chi connectivity index (χ3v) is 5.96. The van der Waals surface area contributed by atoms with Crippen molar-refractivity contribution in [2.45, 2.75) is 20.4 Å². The van der Waals surface area contributed by atoms with Crippen molar-refractivity contribution in [2.75, 3.05) is 6.61 Å². The van der Waals surface area contributed by atoms with Crippen LogP contribution in [0.4, 0.5) is 0 Å². The van der Waals surface area contributed by atoms with Gasteiger partial charge in [-0.05, 0) is 32.0 Å². The highest BCUT2D eigenvalue weighted by Gasteiger charge is 2.23. The highest BCUT2D eigenvalue weighted by Crippen LogP contribution is 2.36. The molecular weight excluding hydrogens is 462 g/mol. The fourth-order valence-corrected chi connectivity index (χ4v) is 3.59. The predicted molar refractivity (Wildman–Crippen MR) is 111 cm³/mol. The van der Waals surface area contributed by atoms with Gasteiger partial charge in [-0.2, -0.15) is 0 Å². The molecule has 3 aromatic heterocycles. The van der Waals surface area contributed by atoms with E-state index in [1.165, 1.54) is 0 Å². The van der Waals surface area contributed by atoms with E-state index in [0.717, 1.165) is 17.1 Å². The van der Waals surface area contributed by atoms with Gasteiger partial charge in [-0.1, -0.05) is 46.4 Å². The van der Waals surface area contributed by atoms with Crippen molar-refractivity contribution >= 4 is 58.2 Å². The molecule has 0 aliphatic heterocycles. The third kappa shape index (κ3) is 4.46. The van der Waals surface area contributed by atoms with Crippen LogP contribution in [-0.4, -0.2) is 27.9 Å². The quantitative estimate of drug-likeness (QED) is 0.256. The highest BCUT2D eigenvalue weighted by molar-refractivity contribution is 6.52. The van der Waals surface area contributed by atoms with Crippen molar-refractivity contribution in [3.63, 3.8) is 0 Å². The average Bonchev–Trinajstić information content (AvgIpc) is 3.30. The Morgan fingerprint density at radius 2 is 1.86 bits per heavy atom. The topological polar surface area (TPSA) is 74.3 Å². The van der Waals surface area contributed by atoms with Crippen LogP contribution in [0.25, 0.3) is 0 Å². The number of rotatable bonds is 6. The molecular formula is C19H14Cl4N2O4. The summed E-state index contributed by atoms with van der Waals surface area (Å²) in [5.41, 5.74) is 1.72.